The van der Waals surface area contributed by atoms with Gasteiger partial charge in [0.05, 0.1) is 6.04 Å². The van der Waals surface area contributed by atoms with Crippen LogP contribution in [-0.4, -0.2) is 52.1 Å². The number of nitrogens with zero attached hydrogens (tertiary/aromatic N) is 2. The van der Waals surface area contributed by atoms with Crippen molar-refractivity contribution in [3.8, 4) is 5.75 Å². The van der Waals surface area contributed by atoms with Gasteiger partial charge >= 0.3 is 0 Å². The maximum atomic E-state index is 12.1. The van der Waals surface area contributed by atoms with Gasteiger partial charge in [0.25, 0.3) is 5.91 Å². The Bertz CT molecular complexity index is 654. The lowest BCUT2D eigenvalue weighted by atomic mass is 10.1. The minimum atomic E-state index is -0.124. The van der Waals surface area contributed by atoms with Crippen molar-refractivity contribution in [1.82, 2.24) is 10.2 Å². The predicted molar refractivity (Wildman–Crippen MR) is 102 cm³/mol. The summed E-state index contributed by atoms with van der Waals surface area (Å²) >= 11 is 0. The summed E-state index contributed by atoms with van der Waals surface area (Å²) in [5, 5.41) is 2.95. The zero-order valence-corrected chi connectivity index (χ0v) is 15.4. The van der Waals surface area contributed by atoms with Gasteiger partial charge in [-0.2, -0.15) is 0 Å². The maximum absolute atomic E-state index is 12.1. The van der Waals surface area contributed by atoms with Crippen LogP contribution in [0.5, 0.6) is 5.75 Å². The van der Waals surface area contributed by atoms with Crippen molar-refractivity contribution in [1.29, 1.82) is 0 Å². The van der Waals surface area contributed by atoms with E-state index >= 15 is 0 Å². The molecule has 0 bridgehead atoms. The van der Waals surface area contributed by atoms with Crippen molar-refractivity contribution in [3.63, 3.8) is 0 Å². The number of rotatable bonds is 8. The largest absolute Gasteiger partial charge is 0.484 e. The molecule has 0 spiro atoms. The highest BCUT2D eigenvalue weighted by Crippen LogP contribution is 2.20. The first-order valence-corrected chi connectivity index (χ1v) is 8.35. The molecule has 0 saturated carbocycles. The molecule has 0 aliphatic heterocycles. The Kier molecular flexibility index (Phi) is 6.83. The Morgan fingerprint density at radius 2 is 1.64 bits per heavy atom. The van der Waals surface area contributed by atoms with E-state index in [1.165, 1.54) is 5.56 Å². The number of amides is 1. The van der Waals surface area contributed by atoms with E-state index in [2.05, 4.69) is 39.4 Å². The third-order valence-corrected chi connectivity index (χ3v) is 4.02. The van der Waals surface area contributed by atoms with Gasteiger partial charge in [0.15, 0.2) is 6.61 Å². The molecule has 0 heterocycles. The van der Waals surface area contributed by atoms with Crippen molar-refractivity contribution in [2.24, 2.45) is 0 Å². The molecule has 2 aromatic rings. The molecule has 5 heteroatoms. The van der Waals surface area contributed by atoms with Crippen molar-refractivity contribution in [2.75, 3.05) is 46.2 Å². The van der Waals surface area contributed by atoms with Crippen LogP contribution < -0.4 is 15.0 Å². The van der Waals surface area contributed by atoms with Gasteiger partial charge in [-0.05, 0) is 43.9 Å². The summed E-state index contributed by atoms with van der Waals surface area (Å²) in [6.45, 7) is 0.551. The van der Waals surface area contributed by atoms with Crippen LogP contribution in [0.1, 0.15) is 11.6 Å². The topological polar surface area (TPSA) is 44.8 Å². The Balaban J connectivity index is 1.89. The van der Waals surface area contributed by atoms with Gasteiger partial charge in [0.2, 0.25) is 0 Å². The number of carbonyl (C=O) groups is 1. The van der Waals surface area contributed by atoms with Gasteiger partial charge in [-0.3, -0.25) is 4.79 Å². The maximum Gasteiger partial charge on any atom is 0.258 e. The summed E-state index contributed by atoms with van der Waals surface area (Å²) in [4.78, 5) is 16.2. The zero-order valence-electron chi connectivity index (χ0n) is 15.4. The molecule has 2 aromatic carbocycles. The van der Waals surface area contributed by atoms with Gasteiger partial charge < -0.3 is 19.9 Å². The highest BCUT2D eigenvalue weighted by atomic mass is 16.5. The van der Waals surface area contributed by atoms with Gasteiger partial charge in [-0.1, -0.05) is 30.3 Å². The normalized spacial score (nSPS) is 11.9. The van der Waals surface area contributed by atoms with Crippen LogP contribution in [-0.2, 0) is 4.79 Å². The fraction of sp³-hybridized carbons (Fsp3) is 0.350. The van der Waals surface area contributed by atoms with E-state index in [0.29, 0.717) is 12.3 Å². The fourth-order valence-electron chi connectivity index (χ4n) is 2.52. The van der Waals surface area contributed by atoms with Crippen LogP contribution in [0, 0.1) is 0 Å². The van der Waals surface area contributed by atoms with Crippen molar-refractivity contribution in [3.05, 3.63) is 60.2 Å². The number of carbonyl (C=O) groups excluding carboxylic acids is 1. The Labute approximate surface area is 150 Å². The van der Waals surface area contributed by atoms with Gasteiger partial charge in [0.1, 0.15) is 5.75 Å². The Morgan fingerprint density at radius 3 is 2.20 bits per heavy atom. The molecule has 0 unspecified atom stereocenters. The van der Waals surface area contributed by atoms with Crippen LogP contribution in [0.2, 0.25) is 0 Å². The summed E-state index contributed by atoms with van der Waals surface area (Å²) in [6.07, 6.45) is 0. The lowest BCUT2D eigenvalue weighted by Gasteiger charge is -2.25. The molecule has 0 aliphatic rings. The summed E-state index contributed by atoms with van der Waals surface area (Å²) in [6, 6.07) is 17.8. The molecule has 1 atom stereocenters. The molecule has 134 valence electrons. The van der Waals surface area contributed by atoms with Gasteiger partial charge in [-0.15, -0.1) is 0 Å². The molecule has 0 aromatic heterocycles. The highest BCUT2D eigenvalue weighted by molar-refractivity contribution is 5.77. The Hall–Kier alpha value is -2.53. The van der Waals surface area contributed by atoms with E-state index in [0.717, 1.165) is 5.69 Å². The van der Waals surface area contributed by atoms with Crippen molar-refractivity contribution >= 4 is 11.6 Å². The third kappa shape index (κ3) is 5.80. The number of para-hydroxylation sites is 1. The minimum absolute atomic E-state index is 0.0176. The summed E-state index contributed by atoms with van der Waals surface area (Å²) in [7, 11) is 8.06. The van der Waals surface area contributed by atoms with E-state index in [4.69, 9.17) is 4.74 Å². The van der Waals surface area contributed by atoms with Gasteiger partial charge in [-0.25, -0.2) is 0 Å². The average Bonchev–Trinajstić information content (AvgIpc) is 2.61. The molecule has 1 N–H and O–H groups in total. The highest BCUT2D eigenvalue weighted by Gasteiger charge is 2.15. The number of hydrogen-bond acceptors (Lipinski definition) is 4. The van der Waals surface area contributed by atoms with Crippen LogP contribution in [0.4, 0.5) is 5.69 Å². The number of nitrogens with one attached hydrogen (secondary N) is 1. The van der Waals surface area contributed by atoms with Crippen molar-refractivity contribution < 1.29 is 9.53 Å². The summed E-state index contributed by atoms with van der Waals surface area (Å²) in [5.74, 6) is 0.571. The monoisotopic (exact) mass is 341 g/mol. The van der Waals surface area contributed by atoms with E-state index in [1.54, 1.807) is 0 Å². The van der Waals surface area contributed by atoms with Crippen LogP contribution in [0.25, 0.3) is 0 Å². The zero-order chi connectivity index (χ0) is 18.2. The second-order valence-corrected chi connectivity index (χ2v) is 6.37. The van der Waals surface area contributed by atoms with Crippen LogP contribution >= 0.6 is 0 Å². The second kappa shape index (κ2) is 9.08. The molecule has 25 heavy (non-hydrogen) atoms. The van der Waals surface area contributed by atoms with Crippen molar-refractivity contribution in [2.45, 2.75) is 6.04 Å². The number of anilines is 1. The molecule has 0 radical (unpaired) electrons. The molecule has 0 fully saturated rings. The van der Waals surface area contributed by atoms with E-state index in [9.17, 15) is 4.79 Å². The fourth-order valence-corrected chi connectivity index (χ4v) is 2.52. The standard InChI is InChI=1S/C20H27N3O2/c1-22(2)17-12-10-16(11-13-17)19(23(3)4)14-21-20(24)15-25-18-8-6-5-7-9-18/h5-13,19H,14-15H2,1-4H3,(H,21,24)/t19-/m1/s1. The Morgan fingerprint density at radius 1 is 1.00 bits per heavy atom. The first-order valence-electron chi connectivity index (χ1n) is 8.35. The third-order valence-electron chi connectivity index (χ3n) is 4.02. The van der Waals surface area contributed by atoms with Crippen LogP contribution in [0.15, 0.2) is 54.6 Å². The number of likely N-dealkylation sites (N-methyl/N-ethyl adjacent to an activating group) is 1. The minimum Gasteiger partial charge on any atom is -0.484 e. The predicted octanol–water partition coefficient (Wildman–Crippen LogP) is 2.55. The summed E-state index contributed by atoms with van der Waals surface area (Å²) < 4.78 is 5.48. The lowest BCUT2D eigenvalue weighted by molar-refractivity contribution is -0.123. The number of ether oxygens (including phenoxy) is 1. The van der Waals surface area contributed by atoms with E-state index in [-0.39, 0.29) is 18.6 Å². The van der Waals surface area contributed by atoms with E-state index < -0.39 is 0 Å². The molecule has 0 saturated heterocycles. The van der Waals surface area contributed by atoms with Crippen LogP contribution in [0.3, 0.4) is 0 Å². The average molecular weight is 341 g/mol. The summed E-state index contributed by atoms with van der Waals surface area (Å²) in [5.41, 5.74) is 2.32. The second-order valence-electron chi connectivity index (χ2n) is 6.37. The quantitative estimate of drug-likeness (QED) is 0.801. The molecular weight excluding hydrogens is 314 g/mol. The number of hydrogen-bond donors (Lipinski definition) is 1. The lowest BCUT2D eigenvalue weighted by Crippen LogP contribution is -2.36. The molecule has 0 aliphatic carbocycles. The van der Waals surface area contributed by atoms with Gasteiger partial charge in [0, 0.05) is 26.3 Å². The SMILES string of the molecule is CN(C)c1ccc([C@@H](CNC(=O)COc2ccccc2)N(C)C)cc1. The first-order chi connectivity index (χ1) is 12.0. The smallest absolute Gasteiger partial charge is 0.258 e. The van der Waals surface area contributed by atoms with E-state index in [1.807, 2.05) is 58.5 Å². The molecular formula is C20H27N3O2. The molecule has 1 amide bonds. The number of benzene rings is 2. The molecule has 2 rings (SSSR count). The first kappa shape index (κ1) is 18.8. The molecule has 5 nitrogen and oxygen atoms in total.